The van der Waals surface area contributed by atoms with E-state index in [1.807, 2.05) is 0 Å². The van der Waals surface area contributed by atoms with Crippen LogP contribution in [0.1, 0.15) is 12.5 Å². The Hall–Kier alpha value is -4.95. The van der Waals surface area contributed by atoms with Gasteiger partial charge in [0.2, 0.25) is 0 Å². The first kappa shape index (κ1) is 22.1. The molecule has 0 unspecified atom stereocenters. The summed E-state index contributed by atoms with van der Waals surface area (Å²) in [5.74, 6) is 0.911. The quantitative estimate of drug-likeness (QED) is 0.241. The van der Waals surface area contributed by atoms with Gasteiger partial charge < -0.3 is 4.98 Å². The lowest BCUT2D eigenvalue weighted by Gasteiger charge is -2.13. The van der Waals surface area contributed by atoms with E-state index >= 15 is 0 Å². The fourth-order valence-electron chi connectivity index (χ4n) is 6.15. The van der Waals surface area contributed by atoms with Crippen molar-refractivity contribution >= 4 is 54.1 Å². The number of aryl methyl sites for hydroxylation is 1. The molecule has 0 aliphatic heterocycles. The topological polar surface area (TPSA) is 28.7 Å². The summed E-state index contributed by atoms with van der Waals surface area (Å²) in [4.78, 5) is 8.78. The van der Waals surface area contributed by atoms with Crippen molar-refractivity contribution in [1.82, 2.24) is 9.97 Å². The van der Waals surface area contributed by atoms with E-state index in [-0.39, 0.29) is 0 Å². The highest BCUT2D eigenvalue weighted by Crippen LogP contribution is 2.37. The van der Waals surface area contributed by atoms with Crippen molar-refractivity contribution in [3.05, 3.63) is 127 Å². The molecule has 0 atom stereocenters. The Morgan fingerprint density at radius 3 is 1.67 bits per heavy atom. The number of nitrogens with one attached hydrogen (secondary N) is 1. The van der Waals surface area contributed by atoms with Crippen LogP contribution in [0.4, 0.5) is 0 Å². The van der Waals surface area contributed by atoms with Crippen molar-refractivity contribution < 1.29 is 0 Å². The highest BCUT2D eigenvalue weighted by molar-refractivity contribution is 6.07. The Balaban J connectivity index is 1.33. The van der Waals surface area contributed by atoms with E-state index in [0.29, 0.717) is 0 Å². The fraction of sp³-hybridized carbons (Fsp3) is 0.0541. The molecule has 0 radical (unpaired) electrons. The highest BCUT2D eigenvalue weighted by Gasteiger charge is 2.15. The van der Waals surface area contributed by atoms with Crippen molar-refractivity contribution in [2.45, 2.75) is 13.3 Å². The van der Waals surface area contributed by atoms with Crippen LogP contribution in [-0.2, 0) is 6.42 Å². The number of hydrogen-bond acceptors (Lipinski definition) is 1. The Kier molecular flexibility index (Phi) is 4.83. The first-order valence-corrected chi connectivity index (χ1v) is 13.6. The van der Waals surface area contributed by atoms with E-state index in [2.05, 4.69) is 133 Å². The molecule has 0 bridgehead atoms. The van der Waals surface area contributed by atoms with Crippen LogP contribution in [0, 0.1) is 0 Å². The molecule has 7 aromatic carbocycles. The minimum Gasteiger partial charge on any atom is -0.338 e. The summed E-state index contributed by atoms with van der Waals surface area (Å²) in [6.07, 6.45) is 0.942. The molecule has 1 N–H and O–H groups in total. The molecule has 0 saturated heterocycles. The molecule has 8 rings (SSSR count). The third-order valence-corrected chi connectivity index (χ3v) is 8.13. The Morgan fingerprint density at radius 1 is 0.513 bits per heavy atom. The smallest absolute Gasteiger partial charge is 0.139 e. The Labute approximate surface area is 226 Å². The van der Waals surface area contributed by atoms with Crippen molar-refractivity contribution in [3.8, 4) is 22.5 Å². The van der Waals surface area contributed by atoms with E-state index < -0.39 is 0 Å². The minimum absolute atomic E-state index is 0.911. The molecule has 0 aliphatic carbocycles. The maximum absolute atomic E-state index is 5.10. The predicted octanol–water partition coefficient (Wildman–Crippen LogP) is 10.1. The van der Waals surface area contributed by atoms with Gasteiger partial charge in [-0.25, -0.2) is 4.98 Å². The van der Waals surface area contributed by atoms with Gasteiger partial charge in [-0.05, 0) is 103 Å². The summed E-state index contributed by atoms with van der Waals surface area (Å²) in [6.45, 7) is 2.23. The maximum Gasteiger partial charge on any atom is 0.139 e. The summed E-state index contributed by atoms with van der Waals surface area (Å²) >= 11 is 0. The van der Waals surface area contributed by atoms with Crippen LogP contribution in [0.5, 0.6) is 0 Å². The number of aromatic amines is 1. The maximum atomic E-state index is 5.10. The van der Waals surface area contributed by atoms with E-state index in [0.717, 1.165) is 28.8 Å². The molecular formula is C37H26N2. The average molecular weight is 499 g/mol. The van der Waals surface area contributed by atoms with Gasteiger partial charge in [-0.1, -0.05) is 91.9 Å². The molecule has 2 heteroatoms. The number of rotatable bonds is 3. The van der Waals surface area contributed by atoms with Gasteiger partial charge in [0, 0.05) is 5.56 Å². The standard InChI is InChI=1S/C37H26N2/c1-2-23-21-35-36(22-34(23)30-15-7-13-28-17-24-9-3-5-11-26(24)19-32(28)30)39-37(38-35)31-16-8-14-29-18-25-10-4-6-12-27(25)20-33(29)31/h3-22H,2H2,1H3,(H,38,39). The largest absolute Gasteiger partial charge is 0.338 e. The number of imidazole rings is 1. The summed E-state index contributed by atoms with van der Waals surface area (Å²) in [5.41, 5.74) is 7.05. The highest BCUT2D eigenvalue weighted by atomic mass is 14.9. The third-order valence-electron chi connectivity index (χ3n) is 8.13. The lowest BCUT2D eigenvalue weighted by atomic mass is 9.92. The van der Waals surface area contributed by atoms with Gasteiger partial charge in [-0.15, -0.1) is 0 Å². The zero-order chi connectivity index (χ0) is 25.9. The lowest BCUT2D eigenvalue weighted by Crippen LogP contribution is -1.90. The van der Waals surface area contributed by atoms with Crippen LogP contribution in [0.25, 0.3) is 76.6 Å². The lowest BCUT2D eigenvalue weighted by molar-refractivity contribution is 1.15. The number of hydrogen-bond donors (Lipinski definition) is 1. The number of fused-ring (bicyclic) bond motifs is 5. The number of aromatic nitrogens is 2. The van der Waals surface area contributed by atoms with Gasteiger partial charge in [-0.2, -0.15) is 0 Å². The second-order valence-corrected chi connectivity index (χ2v) is 10.4. The van der Waals surface area contributed by atoms with Gasteiger partial charge in [0.1, 0.15) is 5.82 Å². The van der Waals surface area contributed by atoms with Crippen molar-refractivity contribution in [1.29, 1.82) is 0 Å². The molecule has 0 fully saturated rings. The first-order valence-electron chi connectivity index (χ1n) is 13.6. The molecule has 8 aromatic rings. The van der Waals surface area contributed by atoms with Crippen LogP contribution in [0.3, 0.4) is 0 Å². The fourth-order valence-corrected chi connectivity index (χ4v) is 6.15. The summed E-state index contributed by atoms with van der Waals surface area (Å²) < 4.78 is 0. The molecule has 184 valence electrons. The van der Waals surface area contributed by atoms with Gasteiger partial charge in [0.15, 0.2) is 0 Å². The van der Waals surface area contributed by atoms with Gasteiger partial charge in [-0.3, -0.25) is 0 Å². The Bertz CT molecular complexity index is 2220. The SMILES string of the molecule is CCc1cc2nc(-c3cccc4cc5ccccc5cc34)[nH]c2cc1-c1cccc2cc3ccccc3cc12. The zero-order valence-electron chi connectivity index (χ0n) is 21.7. The van der Waals surface area contributed by atoms with Crippen molar-refractivity contribution in [3.63, 3.8) is 0 Å². The number of nitrogens with zero attached hydrogens (tertiary/aromatic N) is 1. The summed E-state index contributed by atoms with van der Waals surface area (Å²) in [7, 11) is 0. The molecule has 0 saturated carbocycles. The van der Waals surface area contributed by atoms with Gasteiger partial charge in [0.05, 0.1) is 11.0 Å². The number of benzene rings is 7. The average Bonchev–Trinajstić information content (AvgIpc) is 3.40. The van der Waals surface area contributed by atoms with Crippen molar-refractivity contribution in [2.75, 3.05) is 0 Å². The van der Waals surface area contributed by atoms with Gasteiger partial charge in [0.25, 0.3) is 0 Å². The van der Waals surface area contributed by atoms with Gasteiger partial charge >= 0.3 is 0 Å². The molecular weight excluding hydrogens is 472 g/mol. The summed E-state index contributed by atoms with van der Waals surface area (Å²) in [6, 6.07) is 44.1. The van der Waals surface area contributed by atoms with Crippen LogP contribution in [0.15, 0.2) is 121 Å². The molecule has 39 heavy (non-hydrogen) atoms. The third kappa shape index (κ3) is 3.53. The predicted molar refractivity (Wildman–Crippen MR) is 166 cm³/mol. The normalized spacial score (nSPS) is 11.8. The van der Waals surface area contributed by atoms with Crippen molar-refractivity contribution in [2.24, 2.45) is 0 Å². The van der Waals surface area contributed by atoms with E-state index in [1.54, 1.807) is 0 Å². The monoisotopic (exact) mass is 498 g/mol. The van der Waals surface area contributed by atoms with Crippen LogP contribution in [-0.4, -0.2) is 9.97 Å². The second kappa shape index (κ2) is 8.54. The Morgan fingerprint density at radius 2 is 1.05 bits per heavy atom. The van der Waals surface area contributed by atoms with E-state index in [1.165, 1.54) is 59.8 Å². The summed E-state index contributed by atoms with van der Waals surface area (Å²) in [5, 5.41) is 10.0. The molecule has 2 nitrogen and oxygen atoms in total. The molecule has 0 aliphatic rings. The molecule has 1 heterocycles. The van der Waals surface area contributed by atoms with E-state index in [9.17, 15) is 0 Å². The molecule has 0 spiro atoms. The first-order chi connectivity index (χ1) is 19.2. The number of H-pyrrole nitrogens is 1. The molecule has 0 amide bonds. The second-order valence-electron chi connectivity index (χ2n) is 10.4. The van der Waals surface area contributed by atoms with Crippen LogP contribution in [0.2, 0.25) is 0 Å². The van der Waals surface area contributed by atoms with Crippen LogP contribution >= 0.6 is 0 Å². The van der Waals surface area contributed by atoms with Crippen LogP contribution < -0.4 is 0 Å². The molecule has 1 aromatic heterocycles. The zero-order valence-corrected chi connectivity index (χ0v) is 21.7. The van der Waals surface area contributed by atoms with E-state index in [4.69, 9.17) is 4.98 Å². The minimum atomic E-state index is 0.911.